The Bertz CT molecular complexity index is 922. The predicted molar refractivity (Wildman–Crippen MR) is 89.3 cm³/mol. The second kappa shape index (κ2) is 6.74. The fourth-order valence-corrected chi connectivity index (χ4v) is 2.54. The minimum atomic E-state index is -4.34. The molecule has 3 aromatic rings. The van der Waals surface area contributed by atoms with E-state index in [2.05, 4.69) is 0 Å². The first-order valence-electron chi connectivity index (χ1n) is 7.10. The molecule has 3 rings (SSSR count). The van der Waals surface area contributed by atoms with E-state index in [1.165, 1.54) is 18.2 Å². The maximum atomic E-state index is 11.4. The van der Waals surface area contributed by atoms with Gasteiger partial charge in [0.25, 0.3) is 10.1 Å². The first-order chi connectivity index (χ1) is 11.5. The maximum Gasteiger partial charge on any atom is 0.294 e. The van der Waals surface area contributed by atoms with E-state index in [1.54, 1.807) is 36.4 Å². The lowest BCUT2D eigenvalue weighted by Crippen LogP contribution is -1.99. The normalized spacial score (nSPS) is 11.0. The van der Waals surface area contributed by atoms with Crippen molar-refractivity contribution in [3.8, 4) is 23.0 Å². The summed E-state index contributed by atoms with van der Waals surface area (Å²) in [7, 11) is -4.34. The molecule has 5 nitrogen and oxygen atoms in total. The Morgan fingerprint density at radius 1 is 0.667 bits per heavy atom. The van der Waals surface area contributed by atoms with Crippen molar-refractivity contribution >= 4 is 10.1 Å². The van der Waals surface area contributed by atoms with E-state index in [0.717, 1.165) is 0 Å². The minimum absolute atomic E-state index is 0.181. The Morgan fingerprint density at radius 3 is 1.67 bits per heavy atom. The van der Waals surface area contributed by atoms with E-state index < -0.39 is 10.1 Å². The fourth-order valence-electron chi connectivity index (χ4n) is 2.04. The highest BCUT2D eigenvalue weighted by Gasteiger charge is 2.15. The van der Waals surface area contributed by atoms with Crippen LogP contribution in [0.15, 0.2) is 83.8 Å². The van der Waals surface area contributed by atoms with E-state index in [4.69, 9.17) is 9.47 Å². The second-order valence-electron chi connectivity index (χ2n) is 4.91. The van der Waals surface area contributed by atoms with Crippen LogP contribution in [-0.2, 0) is 10.1 Å². The van der Waals surface area contributed by atoms with Crippen LogP contribution in [0.25, 0.3) is 0 Å². The molecule has 0 bridgehead atoms. The topological polar surface area (TPSA) is 72.8 Å². The lowest BCUT2D eigenvalue weighted by Gasteiger charge is -2.13. The third kappa shape index (κ3) is 3.92. The molecule has 6 heteroatoms. The van der Waals surface area contributed by atoms with E-state index in [0.29, 0.717) is 17.2 Å². The van der Waals surface area contributed by atoms with E-state index in [9.17, 15) is 13.0 Å². The van der Waals surface area contributed by atoms with Gasteiger partial charge in [0.05, 0.1) is 4.90 Å². The average Bonchev–Trinajstić information content (AvgIpc) is 2.57. The monoisotopic (exact) mass is 342 g/mol. The highest BCUT2D eigenvalue weighted by atomic mass is 32.2. The van der Waals surface area contributed by atoms with Gasteiger partial charge in [-0.1, -0.05) is 36.4 Å². The predicted octanol–water partition coefficient (Wildman–Crippen LogP) is 4.52. The zero-order chi connectivity index (χ0) is 17.0. The third-order valence-corrected chi connectivity index (χ3v) is 4.00. The summed E-state index contributed by atoms with van der Waals surface area (Å²) in [6.07, 6.45) is 0. The highest BCUT2D eigenvalue weighted by Crippen LogP contribution is 2.36. The molecule has 0 aromatic heterocycles. The van der Waals surface area contributed by atoms with Gasteiger partial charge in [0.2, 0.25) is 0 Å². The number of ether oxygens (including phenoxy) is 2. The van der Waals surface area contributed by atoms with E-state index in [1.807, 2.05) is 24.3 Å². The molecule has 0 saturated carbocycles. The van der Waals surface area contributed by atoms with Crippen molar-refractivity contribution in [2.45, 2.75) is 4.90 Å². The van der Waals surface area contributed by atoms with Gasteiger partial charge in [-0.05, 0) is 36.4 Å². The quantitative estimate of drug-likeness (QED) is 0.690. The molecule has 0 saturated heterocycles. The summed E-state index contributed by atoms with van der Waals surface area (Å²) in [6, 6.07) is 21.8. The summed E-state index contributed by atoms with van der Waals surface area (Å²) in [5.74, 6) is 1.61. The standard InChI is InChI=1S/C18H14O5S/c19-24(20,21)16-11-12-17(22-14-7-3-1-4-8-14)18(13-16)23-15-9-5-2-6-10-15/h1-13H,(H,19,20,21). The molecule has 0 heterocycles. The maximum absolute atomic E-state index is 11.4. The molecule has 3 aromatic carbocycles. The van der Waals surface area contributed by atoms with Gasteiger partial charge in [0, 0.05) is 6.07 Å². The molecule has 0 atom stereocenters. The van der Waals surface area contributed by atoms with Crippen LogP contribution in [0.2, 0.25) is 0 Å². The van der Waals surface area contributed by atoms with Crippen molar-refractivity contribution in [1.82, 2.24) is 0 Å². The van der Waals surface area contributed by atoms with Crippen LogP contribution in [0, 0.1) is 0 Å². The van der Waals surface area contributed by atoms with Crippen molar-refractivity contribution in [1.29, 1.82) is 0 Å². The molecule has 0 amide bonds. The van der Waals surface area contributed by atoms with Gasteiger partial charge in [0.1, 0.15) is 11.5 Å². The Balaban J connectivity index is 2.00. The molecule has 24 heavy (non-hydrogen) atoms. The van der Waals surface area contributed by atoms with Gasteiger partial charge >= 0.3 is 0 Å². The second-order valence-corrected chi connectivity index (χ2v) is 6.34. The van der Waals surface area contributed by atoms with Crippen LogP contribution in [0.5, 0.6) is 23.0 Å². The number of hydrogen-bond acceptors (Lipinski definition) is 4. The largest absolute Gasteiger partial charge is 0.453 e. The molecule has 122 valence electrons. The molecule has 0 aliphatic rings. The average molecular weight is 342 g/mol. The lowest BCUT2D eigenvalue weighted by molar-refractivity contribution is 0.416. The summed E-state index contributed by atoms with van der Waals surface area (Å²) in [5.41, 5.74) is 0. The highest BCUT2D eigenvalue weighted by molar-refractivity contribution is 7.85. The zero-order valence-electron chi connectivity index (χ0n) is 12.5. The third-order valence-electron chi connectivity index (χ3n) is 3.16. The molecule has 0 fully saturated rings. The number of hydrogen-bond donors (Lipinski definition) is 1. The van der Waals surface area contributed by atoms with Gasteiger partial charge in [-0.25, -0.2) is 0 Å². The molecule has 0 unspecified atom stereocenters. The Kier molecular flexibility index (Phi) is 4.50. The van der Waals surface area contributed by atoms with E-state index in [-0.39, 0.29) is 10.6 Å². The first-order valence-corrected chi connectivity index (χ1v) is 8.54. The SMILES string of the molecule is O=S(=O)(O)c1ccc(Oc2ccccc2)c(Oc2ccccc2)c1. The first kappa shape index (κ1) is 16.0. The molecule has 0 radical (unpaired) electrons. The van der Waals surface area contributed by atoms with E-state index >= 15 is 0 Å². The van der Waals surface area contributed by atoms with Gasteiger partial charge in [0.15, 0.2) is 11.5 Å². The van der Waals surface area contributed by atoms with Crippen LogP contribution in [-0.4, -0.2) is 13.0 Å². The van der Waals surface area contributed by atoms with Crippen molar-refractivity contribution in [2.75, 3.05) is 0 Å². The fraction of sp³-hybridized carbons (Fsp3) is 0. The lowest BCUT2D eigenvalue weighted by atomic mass is 10.3. The van der Waals surface area contributed by atoms with Crippen molar-refractivity contribution in [2.24, 2.45) is 0 Å². The summed E-state index contributed by atoms with van der Waals surface area (Å²) in [6.45, 7) is 0. The van der Waals surface area contributed by atoms with Crippen LogP contribution in [0.1, 0.15) is 0 Å². The molecular formula is C18H14O5S. The van der Waals surface area contributed by atoms with Crippen LogP contribution in [0.4, 0.5) is 0 Å². The van der Waals surface area contributed by atoms with Gasteiger partial charge in [-0.15, -0.1) is 0 Å². The van der Waals surface area contributed by atoms with Gasteiger partial charge < -0.3 is 9.47 Å². The minimum Gasteiger partial charge on any atom is -0.453 e. The Hall–Kier alpha value is -2.83. The molecule has 0 aliphatic carbocycles. The summed E-state index contributed by atoms with van der Waals surface area (Å²) in [4.78, 5) is -0.270. The molecule has 0 spiro atoms. The molecular weight excluding hydrogens is 328 g/mol. The van der Waals surface area contributed by atoms with Crippen molar-refractivity contribution in [3.05, 3.63) is 78.9 Å². The zero-order valence-corrected chi connectivity index (χ0v) is 13.3. The van der Waals surface area contributed by atoms with Crippen LogP contribution >= 0.6 is 0 Å². The Labute approximate surface area is 139 Å². The number of rotatable bonds is 5. The molecule has 0 aliphatic heterocycles. The summed E-state index contributed by atoms with van der Waals surface area (Å²) >= 11 is 0. The summed E-state index contributed by atoms with van der Waals surface area (Å²) < 4.78 is 43.4. The van der Waals surface area contributed by atoms with Gasteiger partial charge in [-0.2, -0.15) is 8.42 Å². The molecule has 1 N–H and O–H groups in total. The van der Waals surface area contributed by atoms with Crippen LogP contribution in [0.3, 0.4) is 0 Å². The Morgan fingerprint density at radius 2 is 1.17 bits per heavy atom. The van der Waals surface area contributed by atoms with Crippen molar-refractivity contribution in [3.63, 3.8) is 0 Å². The van der Waals surface area contributed by atoms with Crippen molar-refractivity contribution < 1.29 is 22.4 Å². The number of para-hydroxylation sites is 2. The smallest absolute Gasteiger partial charge is 0.294 e. The number of benzene rings is 3. The summed E-state index contributed by atoms with van der Waals surface area (Å²) in [5, 5.41) is 0. The van der Waals surface area contributed by atoms with Gasteiger partial charge in [-0.3, -0.25) is 4.55 Å². The van der Waals surface area contributed by atoms with Crippen LogP contribution < -0.4 is 9.47 Å².